The van der Waals surface area contributed by atoms with Crippen LogP contribution in [0.4, 0.5) is 5.82 Å². The molecule has 1 aromatic carbocycles. The Hall–Kier alpha value is -3.08. The first-order chi connectivity index (χ1) is 11.2. The molecule has 114 valence electrons. The summed E-state index contributed by atoms with van der Waals surface area (Å²) in [4.78, 5) is 17.5. The first kappa shape index (κ1) is 13.6. The molecular formula is C18H16N4O. The van der Waals surface area contributed by atoms with Crippen LogP contribution in [0.3, 0.4) is 0 Å². The van der Waals surface area contributed by atoms with Crippen molar-refractivity contribution >= 4 is 22.4 Å². The first-order valence-electron chi connectivity index (χ1n) is 7.56. The van der Waals surface area contributed by atoms with Crippen LogP contribution in [-0.2, 0) is 6.54 Å². The fourth-order valence-electron chi connectivity index (χ4n) is 3.06. The van der Waals surface area contributed by atoms with Crippen molar-refractivity contribution in [1.29, 1.82) is 0 Å². The molecule has 2 N–H and O–H groups in total. The van der Waals surface area contributed by atoms with Gasteiger partial charge in [0.05, 0.1) is 16.8 Å². The molecule has 3 heterocycles. The van der Waals surface area contributed by atoms with Crippen LogP contribution in [0.5, 0.6) is 0 Å². The second-order valence-electron chi connectivity index (χ2n) is 5.44. The summed E-state index contributed by atoms with van der Waals surface area (Å²) in [6, 6.07) is 13.3. The van der Waals surface area contributed by atoms with E-state index in [4.69, 9.17) is 5.73 Å². The highest BCUT2D eigenvalue weighted by Crippen LogP contribution is 2.26. The predicted molar refractivity (Wildman–Crippen MR) is 92.5 cm³/mol. The van der Waals surface area contributed by atoms with E-state index in [2.05, 4.69) is 4.98 Å². The molecule has 0 fully saturated rings. The van der Waals surface area contributed by atoms with Gasteiger partial charge in [-0.05, 0) is 31.2 Å². The van der Waals surface area contributed by atoms with E-state index in [1.807, 2.05) is 70.7 Å². The Morgan fingerprint density at radius 1 is 1.13 bits per heavy atom. The van der Waals surface area contributed by atoms with Gasteiger partial charge in [0.1, 0.15) is 11.5 Å². The summed E-state index contributed by atoms with van der Waals surface area (Å²) in [5.74, 6) is 0.458. The maximum absolute atomic E-state index is 13.0. The quantitative estimate of drug-likeness (QED) is 0.619. The Morgan fingerprint density at radius 2 is 1.91 bits per heavy atom. The molecule has 0 aliphatic rings. The molecule has 0 bridgehead atoms. The van der Waals surface area contributed by atoms with Gasteiger partial charge in [0.2, 0.25) is 5.43 Å². The monoisotopic (exact) mass is 304 g/mol. The number of aryl methyl sites for hydroxylation is 1. The van der Waals surface area contributed by atoms with Crippen molar-refractivity contribution in [3.05, 3.63) is 65.1 Å². The highest BCUT2D eigenvalue weighted by Gasteiger charge is 2.17. The van der Waals surface area contributed by atoms with E-state index in [1.165, 1.54) is 0 Å². The van der Waals surface area contributed by atoms with Crippen molar-refractivity contribution < 1.29 is 0 Å². The van der Waals surface area contributed by atoms with Crippen LogP contribution in [-0.4, -0.2) is 14.0 Å². The van der Waals surface area contributed by atoms with Crippen LogP contribution in [0.25, 0.3) is 27.8 Å². The van der Waals surface area contributed by atoms with Gasteiger partial charge in [-0.15, -0.1) is 0 Å². The molecule has 0 aliphatic carbocycles. The molecule has 4 rings (SSSR count). The molecule has 0 saturated heterocycles. The van der Waals surface area contributed by atoms with Crippen molar-refractivity contribution in [2.45, 2.75) is 13.5 Å². The number of nitrogen functional groups attached to an aromatic ring is 1. The minimum absolute atomic E-state index is 0.0776. The first-order valence-corrected chi connectivity index (χ1v) is 7.56. The Balaban J connectivity index is 2.12. The zero-order valence-electron chi connectivity index (χ0n) is 12.7. The van der Waals surface area contributed by atoms with Crippen molar-refractivity contribution in [1.82, 2.24) is 14.0 Å². The van der Waals surface area contributed by atoms with Crippen molar-refractivity contribution in [3.8, 4) is 11.3 Å². The van der Waals surface area contributed by atoms with Crippen LogP contribution in [0.1, 0.15) is 6.92 Å². The van der Waals surface area contributed by atoms with E-state index in [0.717, 1.165) is 11.2 Å². The minimum Gasteiger partial charge on any atom is -0.384 e. The molecule has 3 aromatic heterocycles. The fourth-order valence-corrected chi connectivity index (χ4v) is 3.06. The number of para-hydroxylation sites is 1. The van der Waals surface area contributed by atoms with Crippen LogP contribution in [0.2, 0.25) is 0 Å². The summed E-state index contributed by atoms with van der Waals surface area (Å²) in [5.41, 5.74) is 8.96. The third-order valence-electron chi connectivity index (χ3n) is 4.15. The topological polar surface area (TPSA) is 65.3 Å². The molecule has 0 aliphatic heterocycles. The fraction of sp³-hybridized carbons (Fsp3) is 0.111. The smallest absolute Gasteiger partial charge is 0.201 e. The predicted octanol–water partition coefficient (Wildman–Crippen LogP) is 2.92. The Kier molecular flexibility index (Phi) is 2.94. The summed E-state index contributed by atoms with van der Waals surface area (Å²) in [6.45, 7) is 2.70. The van der Waals surface area contributed by atoms with Gasteiger partial charge in [0.25, 0.3) is 0 Å². The zero-order valence-corrected chi connectivity index (χ0v) is 12.7. The van der Waals surface area contributed by atoms with Gasteiger partial charge in [-0.2, -0.15) is 0 Å². The summed E-state index contributed by atoms with van der Waals surface area (Å²) in [6.07, 6.45) is 3.75. The van der Waals surface area contributed by atoms with E-state index in [9.17, 15) is 4.79 Å². The minimum atomic E-state index is -0.0776. The number of nitrogens with zero attached hydrogens (tertiary/aromatic N) is 3. The number of imidazole rings is 1. The number of rotatable bonds is 2. The number of anilines is 1. The normalized spacial score (nSPS) is 11.3. The third kappa shape index (κ3) is 1.93. The van der Waals surface area contributed by atoms with Gasteiger partial charge in [-0.1, -0.05) is 18.2 Å². The largest absolute Gasteiger partial charge is 0.384 e. The van der Waals surface area contributed by atoms with Crippen LogP contribution < -0.4 is 11.2 Å². The van der Waals surface area contributed by atoms with Gasteiger partial charge < -0.3 is 14.7 Å². The molecule has 0 radical (unpaired) electrons. The number of aromatic nitrogens is 3. The summed E-state index contributed by atoms with van der Waals surface area (Å²) in [5, 5.41) is 0.663. The van der Waals surface area contributed by atoms with Crippen molar-refractivity contribution in [2.24, 2.45) is 0 Å². The van der Waals surface area contributed by atoms with Gasteiger partial charge >= 0.3 is 0 Å². The highest BCUT2D eigenvalue weighted by atomic mass is 16.1. The molecule has 5 heteroatoms. The maximum Gasteiger partial charge on any atom is 0.201 e. The molecule has 23 heavy (non-hydrogen) atoms. The second-order valence-corrected chi connectivity index (χ2v) is 5.44. The summed E-state index contributed by atoms with van der Waals surface area (Å²) < 4.78 is 3.84. The van der Waals surface area contributed by atoms with Crippen molar-refractivity contribution in [2.75, 3.05) is 5.73 Å². The van der Waals surface area contributed by atoms with E-state index in [1.54, 1.807) is 0 Å². The second kappa shape index (κ2) is 4.98. The third-order valence-corrected chi connectivity index (χ3v) is 4.15. The molecular weight excluding hydrogens is 288 g/mol. The molecule has 4 aromatic rings. The average Bonchev–Trinajstić information content (AvgIpc) is 2.99. The molecule has 0 spiro atoms. The standard InChI is InChI=1S/C18H16N4O/c1-2-22-14-8-4-3-7-12(14)17(23)16(18(22)19)13-11-21-10-6-5-9-15(21)20-13/h3-11H,2,19H2,1H3. The number of hydrogen-bond acceptors (Lipinski definition) is 3. The van der Waals surface area contributed by atoms with E-state index >= 15 is 0 Å². The maximum atomic E-state index is 13.0. The van der Waals surface area contributed by atoms with Gasteiger partial charge in [0, 0.05) is 24.3 Å². The molecule has 0 saturated carbocycles. The summed E-state index contributed by atoms with van der Waals surface area (Å²) in [7, 11) is 0. The number of fused-ring (bicyclic) bond motifs is 2. The van der Waals surface area contributed by atoms with E-state index in [-0.39, 0.29) is 5.43 Å². The lowest BCUT2D eigenvalue weighted by atomic mass is 10.1. The number of hydrogen-bond donors (Lipinski definition) is 1. The number of nitrogens with two attached hydrogens (primary N) is 1. The van der Waals surface area contributed by atoms with Crippen molar-refractivity contribution in [3.63, 3.8) is 0 Å². The van der Waals surface area contributed by atoms with Crippen LogP contribution in [0, 0.1) is 0 Å². The highest BCUT2D eigenvalue weighted by molar-refractivity contribution is 5.88. The number of pyridine rings is 2. The van der Waals surface area contributed by atoms with Gasteiger partial charge in [-0.25, -0.2) is 4.98 Å². The lowest BCUT2D eigenvalue weighted by molar-refractivity contribution is 0.800. The average molecular weight is 304 g/mol. The Bertz CT molecular complexity index is 1060. The molecule has 0 atom stereocenters. The van der Waals surface area contributed by atoms with Gasteiger partial charge in [-0.3, -0.25) is 4.79 Å². The summed E-state index contributed by atoms with van der Waals surface area (Å²) >= 11 is 0. The van der Waals surface area contributed by atoms with Crippen LogP contribution >= 0.6 is 0 Å². The molecule has 0 amide bonds. The zero-order chi connectivity index (χ0) is 16.0. The SMILES string of the molecule is CCn1c(N)c(-c2cn3ccccc3n2)c(=O)c2ccccc21. The lowest BCUT2D eigenvalue weighted by Crippen LogP contribution is -2.17. The Labute approximate surface area is 132 Å². The van der Waals surface area contributed by atoms with E-state index in [0.29, 0.717) is 29.0 Å². The van der Waals surface area contributed by atoms with Gasteiger partial charge in [0.15, 0.2) is 0 Å². The molecule has 0 unspecified atom stereocenters. The molecule has 5 nitrogen and oxygen atoms in total. The van der Waals surface area contributed by atoms with Crippen LogP contribution in [0.15, 0.2) is 59.7 Å². The van der Waals surface area contributed by atoms with E-state index < -0.39 is 0 Å². The Morgan fingerprint density at radius 3 is 2.70 bits per heavy atom. The number of benzene rings is 1. The lowest BCUT2D eigenvalue weighted by Gasteiger charge is -2.15.